The Balaban J connectivity index is 1.72. The Morgan fingerprint density at radius 1 is 1.04 bits per heavy atom. The van der Waals surface area contributed by atoms with E-state index < -0.39 is 11.7 Å². The van der Waals surface area contributed by atoms with Crippen LogP contribution < -0.4 is 4.90 Å². The molecular formula is C21H24N2O2. The van der Waals surface area contributed by atoms with Gasteiger partial charge in [-0.2, -0.15) is 0 Å². The number of fused-ring (bicyclic) bond motifs is 1. The minimum atomic E-state index is -0.442. The van der Waals surface area contributed by atoms with Gasteiger partial charge in [-0.1, -0.05) is 49.7 Å². The summed E-state index contributed by atoms with van der Waals surface area (Å²) in [6.45, 7) is 7.39. The first-order chi connectivity index (χ1) is 11.9. The minimum absolute atomic E-state index is 0.395. The highest BCUT2D eigenvalue weighted by atomic mass is 16.2. The SMILES string of the molecule is Cc1ccc2c(c1)C(=O)C(=O)N2CN(C)Cc1ccc(C(C)C)cc1. The molecule has 1 aliphatic rings. The van der Waals surface area contributed by atoms with Crippen LogP contribution in [-0.4, -0.2) is 30.3 Å². The zero-order valence-electron chi connectivity index (χ0n) is 15.2. The van der Waals surface area contributed by atoms with Crippen molar-refractivity contribution in [2.24, 2.45) is 0 Å². The second-order valence-corrected chi connectivity index (χ2v) is 7.13. The van der Waals surface area contributed by atoms with Gasteiger partial charge in [0.05, 0.1) is 17.9 Å². The van der Waals surface area contributed by atoms with Gasteiger partial charge < -0.3 is 0 Å². The summed E-state index contributed by atoms with van der Waals surface area (Å²) in [7, 11) is 1.96. The van der Waals surface area contributed by atoms with Gasteiger partial charge in [-0.05, 0) is 43.1 Å². The number of nitrogens with zero attached hydrogens (tertiary/aromatic N) is 2. The predicted molar refractivity (Wildman–Crippen MR) is 99.9 cm³/mol. The first-order valence-electron chi connectivity index (χ1n) is 8.61. The number of rotatable bonds is 5. The third-order valence-corrected chi connectivity index (χ3v) is 4.61. The zero-order valence-corrected chi connectivity index (χ0v) is 15.2. The number of hydrogen-bond acceptors (Lipinski definition) is 3. The average molecular weight is 336 g/mol. The maximum Gasteiger partial charge on any atom is 0.300 e. The van der Waals surface area contributed by atoms with Gasteiger partial charge >= 0.3 is 5.91 Å². The lowest BCUT2D eigenvalue weighted by Crippen LogP contribution is -2.38. The smallest absolute Gasteiger partial charge is 0.291 e. The number of carbonyl (C=O) groups is 2. The molecule has 1 aliphatic heterocycles. The highest BCUT2D eigenvalue weighted by Crippen LogP contribution is 2.29. The minimum Gasteiger partial charge on any atom is -0.291 e. The van der Waals surface area contributed by atoms with E-state index in [1.807, 2.05) is 31.0 Å². The predicted octanol–water partition coefficient (Wildman–Crippen LogP) is 3.74. The van der Waals surface area contributed by atoms with Gasteiger partial charge in [-0.15, -0.1) is 0 Å². The van der Waals surface area contributed by atoms with E-state index in [1.165, 1.54) is 11.1 Å². The lowest BCUT2D eigenvalue weighted by Gasteiger charge is -2.24. The summed E-state index contributed by atoms with van der Waals surface area (Å²) < 4.78 is 0. The van der Waals surface area contributed by atoms with E-state index in [0.717, 1.165) is 12.1 Å². The van der Waals surface area contributed by atoms with Crippen LogP contribution in [-0.2, 0) is 11.3 Å². The van der Waals surface area contributed by atoms with E-state index in [-0.39, 0.29) is 0 Å². The van der Waals surface area contributed by atoms with E-state index in [2.05, 4.69) is 38.1 Å². The van der Waals surface area contributed by atoms with Crippen molar-refractivity contribution in [3.63, 3.8) is 0 Å². The third-order valence-electron chi connectivity index (χ3n) is 4.61. The van der Waals surface area contributed by atoms with Gasteiger partial charge in [-0.25, -0.2) is 0 Å². The van der Waals surface area contributed by atoms with Crippen LogP contribution in [0.15, 0.2) is 42.5 Å². The third kappa shape index (κ3) is 3.49. The normalized spacial score (nSPS) is 13.9. The zero-order chi connectivity index (χ0) is 18.1. The van der Waals surface area contributed by atoms with E-state index in [9.17, 15) is 9.59 Å². The van der Waals surface area contributed by atoms with Gasteiger partial charge in [0.2, 0.25) is 0 Å². The summed E-state index contributed by atoms with van der Waals surface area (Å²) in [5.41, 5.74) is 4.72. The molecule has 4 nitrogen and oxygen atoms in total. The van der Waals surface area contributed by atoms with Crippen LogP contribution in [0.2, 0.25) is 0 Å². The summed E-state index contributed by atoms with van der Waals surface area (Å²) in [6, 6.07) is 14.1. The molecule has 0 atom stereocenters. The summed E-state index contributed by atoms with van der Waals surface area (Å²) in [6.07, 6.45) is 0. The molecule has 130 valence electrons. The second kappa shape index (κ2) is 6.81. The lowest BCUT2D eigenvalue weighted by molar-refractivity contribution is -0.114. The van der Waals surface area contributed by atoms with Crippen molar-refractivity contribution < 1.29 is 9.59 Å². The molecule has 3 rings (SSSR count). The first-order valence-corrected chi connectivity index (χ1v) is 8.61. The Bertz CT molecular complexity index is 809. The van der Waals surface area contributed by atoms with Crippen LogP contribution in [0.4, 0.5) is 5.69 Å². The Labute approximate surface area is 149 Å². The molecule has 2 aromatic rings. The number of carbonyl (C=O) groups excluding carboxylic acids is 2. The van der Waals surface area contributed by atoms with E-state index in [4.69, 9.17) is 0 Å². The Morgan fingerprint density at radius 3 is 2.36 bits per heavy atom. The van der Waals surface area contributed by atoms with E-state index in [1.54, 1.807) is 11.0 Å². The van der Waals surface area contributed by atoms with Crippen molar-refractivity contribution in [1.82, 2.24) is 4.90 Å². The maximum absolute atomic E-state index is 12.3. The molecule has 2 aromatic carbocycles. The molecule has 25 heavy (non-hydrogen) atoms. The molecule has 0 saturated carbocycles. The van der Waals surface area contributed by atoms with Gasteiger partial charge in [-0.3, -0.25) is 19.4 Å². The Hall–Kier alpha value is -2.46. The van der Waals surface area contributed by atoms with Gasteiger partial charge in [0.1, 0.15) is 0 Å². The monoisotopic (exact) mass is 336 g/mol. The van der Waals surface area contributed by atoms with Crippen LogP contribution in [0.25, 0.3) is 0 Å². The summed E-state index contributed by atoms with van der Waals surface area (Å²) in [5.74, 6) is -0.337. The number of anilines is 1. The number of Topliss-reactive ketones (excluding diaryl/α,β-unsaturated/α-hetero) is 1. The molecule has 0 bridgehead atoms. The largest absolute Gasteiger partial charge is 0.300 e. The molecule has 0 spiro atoms. The Morgan fingerprint density at radius 2 is 1.72 bits per heavy atom. The molecule has 0 unspecified atom stereocenters. The molecule has 0 N–H and O–H groups in total. The molecule has 0 aromatic heterocycles. The fourth-order valence-corrected chi connectivity index (χ4v) is 3.17. The van der Waals surface area contributed by atoms with Crippen LogP contribution >= 0.6 is 0 Å². The average Bonchev–Trinajstić information content (AvgIpc) is 2.80. The molecule has 4 heteroatoms. The number of hydrogen-bond donors (Lipinski definition) is 0. The highest BCUT2D eigenvalue weighted by Gasteiger charge is 2.36. The number of aryl methyl sites for hydroxylation is 1. The summed E-state index contributed by atoms with van der Waals surface area (Å²) in [4.78, 5) is 28.1. The van der Waals surface area contributed by atoms with Crippen molar-refractivity contribution in [1.29, 1.82) is 0 Å². The van der Waals surface area contributed by atoms with Crippen molar-refractivity contribution >= 4 is 17.4 Å². The Kier molecular flexibility index (Phi) is 4.73. The second-order valence-electron chi connectivity index (χ2n) is 7.13. The first kappa shape index (κ1) is 17.4. The number of benzene rings is 2. The van der Waals surface area contributed by atoms with E-state index in [0.29, 0.717) is 23.8 Å². The fraction of sp³-hybridized carbons (Fsp3) is 0.333. The summed E-state index contributed by atoms with van der Waals surface area (Å²) in [5, 5.41) is 0. The van der Waals surface area contributed by atoms with E-state index >= 15 is 0 Å². The van der Waals surface area contributed by atoms with Crippen LogP contribution in [0.1, 0.15) is 46.8 Å². The highest BCUT2D eigenvalue weighted by molar-refractivity contribution is 6.52. The van der Waals surface area contributed by atoms with Gasteiger partial charge in [0.15, 0.2) is 0 Å². The standard InChI is InChI=1S/C21H24N2O2/c1-14(2)17-8-6-16(7-9-17)12-22(4)13-23-19-10-5-15(3)11-18(19)20(24)21(23)25/h5-11,14H,12-13H2,1-4H3. The molecule has 1 amide bonds. The van der Waals surface area contributed by atoms with Crippen LogP contribution in [0.3, 0.4) is 0 Å². The maximum atomic E-state index is 12.3. The lowest BCUT2D eigenvalue weighted by atomic mass is 10.0. The van der Waals surface area contributed by atoms with Crippen molar-refractivity contribution in [3.05, 3.63) is 64.7 Å². The van der Waals surface area contributed by atoms with Crippen molar-refractivity contribution in [2.45, 2.75) is 33.2 Å². The molecule has 0 aliphatic carbocycles. The quantitative estimate of drug-likeness (QED) is 0.781. The fourth-order valence-electron chi connectivity index (χ4n) is 3.17. The van der Waals surface area contributed by atoms with Crippen molar-refractivity contribution in [3.8, 4) is 0 Å². The number of amides is 1. The van der Waals surface area contributed by atoms with Gasteiger partial charge in [0.25, 0.3) is 5.78 Å². The molecular weight excluding hydrogens is 312 g/mol. The topological polar surface area (TPSA) is 40.6 Å². The summed E-state index contributed by atoms with van der Waals surface area (Å²) >= 11 is 0. The molecule has 0 fully saturated rings. The van der Waals surface area contributed by atoms with Gasteiger partial charge in [0, 0.05) is 6.54 Å². The molecule has 1 heterocycles. The van der Waals surface area contributed by atoms with Crippen LogP contribution in [0, 0.1) is 6.92 Å². The molecule has 0 radical (unpaired) electrons. The number of ketones is 1. The van der Waals surface area contributed by atoms with Crippen molar-refractivity contribution in [2.75, 3.05) is 18.6 Å². The molecule has 0 saturated heterocycles. The van der Waals surface area contributed by atoms with Crippen LogP contribution in [0.5, 0.6) is 0 Å².